The van der Waals surface area contributed by atoms with Crippen molar-refractivity contribution in [3.63, 3.8) is 0 Å². The van der Waals surface area contributed by atoms with Gasteiger partial charge in [0.05, 0.1) is 23.7 Å². The van der Waals surface area contributed by atoms with E-state index in [1.54, 1.807) is 36.0 Å². The Kier molecular flexibility index (Phi) is 6.89. The number of fused-ring (bicyclic) bond motifs is 1. The fraction of sp³-hybridized carbons (Fsp3) is 0.167. The second kappa shape index (κ2) is 9.71. The molecule has 2 N–H and O–H groups in total. The van der Waals surface area contributed by atoms with Crippen LogP contribution in [0, 0.1) is 5.82 Å². The molecule has 0 bridgehead atoms. The number of rotatable bonds is 7. The first-order valence-corrected chi connectivity index (χ1v) is 13.8. The van der Waals surface area contributed by atoms with Crippen LogP contribution in [0.2, 0.25) is 0 Å². The molecule has 0 aliphatic rings. The number of hydrogen-bond donors (Lipinski definition) is 2. The molecule has 0 radical (unpaired) electrons. The lowest BCUT2D eigenvalue weighted by Gasteiger charge is -2.18. The highest BCUT2D eigenvalue weighted by molar-refractivity contribution is 14.1. The lowest BCUT2D eigenvalue weighted by Crippen LogP contribution is -2.27. The van der Waals surface area contributed by atoms with E-state index in [1.807, 2.05) is 36.5 Å². The quantitative estimate of drug-likeness (QED) is 0.235. The van der Waals surface area contributed by atoms with Gasteiger partial charge in [-0.2, -0.15) is 5.10 Å². The number of anilines is 1. The van der Waals surface area contributed by atoms with Crippen molar-refractivity contribution >= 4 is 55.0 Å². The normalized spacial score (nSPS) is 12.5. The first-order valence-electron chi connectivity index (χ1n) is 10.4. The molecule has 0 aliphatic carbocycles. The Hall–Kier alpha value is -2.99. The fourth-order valence-corrected chi connectivity index (χ4v) is 4.89. The average molecular weight is 592 g/mol. The topological polar surface area (TPSA) is 93.1 Å². The first-order chi connectivity index (χ1) is 16.1. The number of halogens is 2. The van der Waals surface area contributed by atoms with Crippen LogP contribution < -0.4 is 10.0 Å². The zero-order valence-corrected chi connectivity index (χ0v) is 21.4. The number of carbonyl (C=O) groups is 1. The molecule has 1 aromatic heterocycles. The minimum atomic E-state index is -3.54. The third-order valence-corrected chi connectivity index (χ3v) is 6.74. The van der Waals surface area contributed by atoms with E-state index in [0.29, 0.717) is 15.6 Å². The molecule has 0 saturated heterocycles. The lowest BCUT2D eigenvalue weighted by atomic mass is 10.0. The average Bonchev–Trinajstić information content (AvgIpc) is 3.32. The molecule has 4 aromatic rings. The Morgan fingerprint density at radius 3 is 2.56 bits per heavy atom. The molecule has 0 aliphatic heterocycles. The zero-order chi connectivity index (χ0) is 24.5. The van der Waals surface area contributed by atoms with Crippen LogP contribution >= 0.6 is 22.6 Å². The number of sulfonamides is 1. The predicted octanol–water partition coefficient (Wildman–Crippen LogP) is 4.96. The van der Waals surface area contributed by atoms with Gasteiger partial charge in [-0.15, -0.1) is 0 Å². The van der Waals surface area contributed by atoms with Crippen molar-refractivity contribution in [1.29, 1.82) is 0 Å². The number of hydrogen-bond acceptors (Lipinski definition) is 4. The third kappa shape index (κ3) is 5.39. The molecule has 176 valence electrons. The minimum Gasteiger partial charge on any atom is -0.345 e. The zero-order valence-electron chi connectivity index (χ0n) is 18.4. The number of nitrogens with one attached hydrogen (secondary N) is 2. The maximum atomic E-state index is 14.8. The van der Waals surface area contributed by atoms with E-state index < -0.39 is 21.9 Å². The molecule has 0 unspecified atom stereocenters. The highest BCUT2D eigenvalue weighted by Gasteiger charge is 2.19. The molecule has 10 heteroatoms. The van der Waals surface area contributed by atoms with Crippen LogP contribution in [0.5, 0.6) is 0 Å². The van der Waals surface area contributed by atoms with Gasteiger partial charge in [-0.1, -0.05) is 34.7 Å². The number of nitrogens with zero attached hydrogens (tertiary/aromatic N) is 2. The monoisotopic (exact) mass is 592 g/mol. The molecule has 1 amide bonds. The van der Waals surface area contributed by atoms with Gasteiger partial charge in [0.1, 0.15) is 5.82 Å². The van der Waals surface area contributed by atoms with Gasteiger partial charge in [0, 0.05) is 27.9 Å². The van der Waals surface area contributed by atoms with E-state index in [0.717, 1.165) is 28.8 Å². The summed E-state index contributed by atoms with van der Waals surface area (Å²) in [6.45, 7) is 1.69. The van der Waals surface area contributed by atoms with E-state index in [2.05, 4.69) is 37.7 Å². The smallest absolute Gasteiger partial charge is 0.251 e. The summed E-state index contributed by atoms with van der Waals surface area (Å²) in [6, 6.07) is 15.2. The van der Waals surface area contributed by atoms with Crippen LogP contribution in [-0.2, 0) is 14.5 Å². The van der Waals surface area contributed by atoms with Gasteiger partial charge in [-0.25, -0.2) is 17.5 Å². The van der Waals surface area contributed by atoms with E-state index in [-0.39, 0.29) is 17.2 Å². The Morgan fingerprint density at radius 2 is 1.88 bits per heavy atom. The number of benzene rings is 3. The van der Waals surface area contributed by atoms with E-state index in [1.165, 1.54) is 0 Å². The molecule has 0 saturated carbocycles. The van der Waals surface area contributed by atoms with E-state index in [9.17, 15) is 17.6 Å². The summed E-state index contributed by atoms with van der Waals surface area (Å²) < 4.78 is 42.5. The van der Waals surface area contributed by atoms with Crippen molar-refractivity contribution in [2.75, 3.05) is 11.0 Å². The van der Waals surface area contributed by atoms with Crippen molar-refractivity contribution in [3.05, 3.63) is 89.5 Å². The Balaban J connectivity index is 1.55. The van der Waals surface area contributed by atoms with Gasteiger partial charge < -0.3 is 5.32 Å². The van der Waals surface area contributed by atoms with Gasteiger partial charge >= 0.3 is 0 Å². The molecule has 0 spiro atoms. The minimum absolute atomic E-state index is 0.195. The van der Waals surface area contributed by atoms with Crippen LogP contribution in [0.1, 0.15) is 34.5 Å². The molecule has 3 aromatic carbocycles. The number of amides is 1. The largest absolute Gasteiger partial charge is 0.345 e. The van der Waals surface area contributed by atoms with Gasteiger partial charge in [-0.3, -0.25) is 9.52 Å². The van der Waals surface area contributed by atoms with E-state index >= 15 is 0 Å². The molecular formula is C24H22FIN4O3S. The lowest BCUT2D eigenvalue weighted by molar-refractivity contribution is 0.0939. The fourth-order valence-electron chi connectivity index (χ4n) is 3.67. The molecule has 7 nitrogen and oxygen atoms in total. The maximum Gasteiger partial charge on any atom is 0.251 e. The van der Waals surface area contributed by atoms with Gasteiger partial charge in [0.25, 0.3) is 5.91 Å². The highest BCUT2D eigenvalue weighted by Crippen LogP contribution is 2.28. The van der Waals surface area contributed by atoms with Crippen molar-refractivity contribution in [2.45, 2.75) is 17.4 Å². The van der Waals surface area contributed by atoms with Crippen LogP contribution in [0.4, 0.5) is 10.1 Å². The van der Waals surface area contributed by atoms with Crippen LogP contribution in [-0.4, -0.2) is 30.4 Å². The predicted molar refractivity (Wildman–Crippen MR) is 140 cm³/mol. The van der Waals surface area contributed by atoms with Crippen molar-refractivity contribution in [1.82, 2.24) is 15.1 Å². The second-order valence-corrected chi connectivity index (χ2v) is 10.4. The second-order valence-electron chi connectivity index (χ2n) is 7.93. The summed E-state index contributed by atoms with van der Waals surface area (Å²) in [6.07, 6.45) is 4.58. The Labute approximate surface area is 210 Å². The summed E-state index contributed by atoms with van der Waals surface area (Å²) >= 11 is 2.08. The molecular weight excluding hydrogens is 570 g/mol. The molecule has 1 atom stereocenters. The standard InChI is InChI=1S/C24H22FIN4O3S/c1-15(21-12-19(14-26)23(13-22(21)25)29-34(2,32)33)28-24(31)18-5-4-17-11-20(7-6-16(17)10-18)30-9-3-8-27-30/h3-13,15,29H,14H2,1-2H3,(H,28,31)/t15-/m1/s1. The Bertz CT molecular complexity index is 1470. The Morgan fingerprint density at radius 1 is 1.15 bits per heavy atom. The SMILES string of the molecule is C[C@@H](NC(=O)c1ccc2cc(-n3cccn3)ccc2c1)c1cc(CI)c(NS(C)(=O)=O)cc1F. The summed E-state index contributed by atoms with van der Waals surface area (Å²) in [5.74, 6) is -0.934. The van der Waals surface area contributed by atoms with Gasteiger partial charge in [-0.05, 0) is 65.7 Å². The van der Waals surface area contributed by atoms with E-state index in [4.69, 9.17) is 0 Å². The van der Waals surface area contributed by atoms with Crippen LogP contribution in [0.3, 0.4) is 0 Å². The van der Waals surface area contributed by atoms with Crippen molar-refractivity contribution < 1.29 is 17.6 Å². The summed E-state index contributed by atoms with van der Waals surface area (Å²) in [5.41, 5.74) is 2.47. The number of aromatic nitrogens is 2. The molecule has 0 fully saturated rings. The maximum absolute atomic E-state index is 14.8. The molecule has 1 heterocycles. The van der Waals surface area contributed by atoms with Gasteiger partial charge in [0.15, 0.2) is 0 Å². The number of carbonyl (C=O) groups excluding carboxylic acids is 1. The summed E-state index contributed by atoms with van der Waals surface area (Å²) in [7, 11) is -3.54. The van der Waals surface area contributed by atoms with Gasteiger partial charge in [0.2, 0.25) is 10.0 Å². The molecule has 34 heavy (non-hydrogen) atoms. The molecule has 4 rings (SSSR count). The highest BCUT2D eigenvalue weighted by atomic mass is 127. The van der Waals surface area contributed by atoms with Crippen molar-refractivity contribution in [3.8, 4) is 5.69 Å². The number of alkyl halides is 1. The summed E-state index contributed by atoms with van der Waals surface area (Å²) in [4.78, 5) is 12.9. The van der Waals surface area contributed by atoms with Crippen LogP contribution in [0.25, 0.3) is 16.5 Å². The van der Waals surface area contributed by atoms with Crippen molar-refractivity contribution in [2.24, 2.45) is 0 Å². The summed E-state index contributed by atoms with van der Waals surface area (Å²) in [5, 5.41) is 8.92. The van der Waals surface area contributed by atoms with Crippen LogP contribution in [0.15, 0.2) is 67.0 Å². The third-order valence-electron chi connectivity index (χ3n) is 5.33. The first kappa shape index (κ1) is 24.1.